The van der Waals surface area contributed by atoms with Gasteiger partial charge in [-0.25, -0.2) is 0 Å². The molecule has 2 atom stereocenters. The Morgan fingerprint density at radius 2 is 0.741 bits per heavy atom. The van der Waals surface area contributed by atoms with Gasteiger partial charge in [-0.2, -0.15) is 0 Å². The van der Waals surface area contributed by atoms with Crippen LogP contribution in [0.2, 0.25) is 0 Å². The monoisotopic (exact) mass is 398 g/mol. The average Bonchev–Trinajstić information content (AvgIpc) is 2.68. The fourth-order valence-corrected chi connectivity index (χ4v) is 1.93. The van der Waals surface area contributed by atoms with Gasteiger partial charge in [0, 0.05) is 28.4 Å². The molecule has 0 aliphatic carbocycles. The fraction of sp³-hybridized carbons (Fsp3) is 1.00. The smallest absolute Gasteiger partial charge is 0.104 e. The average molecular weight is 398 g/mol. The van der Waals surface area contributed by atoms with Gasteiger partial charge in [0.25, 0.3) is 0 Å². The second-order valence-corrected chi connectivity index (χ2v) is 5.64. The molecule has 0 amide bonds. The summed E-state index contributed by atoms with van der Waals surface area (Å²) in [4.78, 5) is 0. The van der Waals surface area contributed by atoms with Crippen LogP contribution in [0.15, 0.2) is 0 Å². The van der Waals surface area contributed by atoms with Crippen LogP contribution < -0.4 is 0 Å². The van der Waals surface area contributed by atoms with E-state index in [0.717, 1.165) is 0 Å². The fourth-order valence-electron chi connectivity index (χ4n) is 1.93. The van der Waals surface area contributed by atoms with Crippen molar-refractivity contribution < 1.29 is 42.6 Å². The Morgan fingerprint density at radius 3 is 1.11 bits per heavy atom. The minimum atomic E-state index is -0.189. The summed E-state index contributed by atoms with van der Waals surface area (Å²) >= 11 is 0. The van der Waals surface area contributed by atoms with Crippen LogP contribution in [0, 0.1) is 0 Å². The van der Waals surface area contributed by atoms with Gasteiger partial charge in [-0.3, -0.25) is 0 Å². The van der Waals surface area contributed by atoms with Crippen LogP contribution in [0.25, 0.3) is 0 Å². The summed E-state index contributed by atoms with van der Waals surface area (Å²) in [6, 6.07) is 0. The van der Waals surface area contributed by atoms with Crippen molar-refractivity contribution >= 4 is 0 Å². The van der Waals surface area contributed by atoms with Crippen LogP contribution in [0.3, 0.4) is 0 Å². The summed E-state index contributed by atoms with van der Waals surface area (Å²) in [5.74, 6) is 0. The zero-order valence-corrected chi connectivity index (χ0v) is 17.3. The van der Waals surface area contributed by atoms with E-state index in [1.807, 2.05) is 0 Å². The summed E-state index contributed by atoms with van der Waals surface area (Å²) in [6.07, 6.45) is -0.378. The summed E-state index contributed by atoms with van der Waals surface area (Å²) < 4.78 is 48.3. The molecule has 0 bridgehead atoms. The molecule has 9 nitrogen and oxygen atoms in total. The molecule has 0 aromatic carbocycles. The molecule has 0 saturated heterocycles. The highest BCUT2D eigenvalue weighted by atomic mass is 16.6. The van der Waals surface area contributed by atoms with Gasteiger partial charge in [0.1, 0.15) is 12.2 Å². The van der Waals surface area contributed by atoms with E-state index in [2.05, 4.69) is 0 Å². The van der Waals surface area contributed by atoms with E-state index in [-0.39, 0.29) is 12.2 Å². The second-order valence-electron chi connectivity index (χ2n) is 5.64. The molecule has 0 heterocycles. The maximum Gasteiger partial charge on any atom is 0.104 e. The quantitative estimate of drug-likeness (QED) is 0.241. The lowest BCUT2D eigenvalue weighted by Crippen LogP contribution is -2.32. The molecule has 0 aromatic rings. The normalized spacial score (nSPS) is 13.8. The minimum Gasteiger partial charge on any atom is -0.382 e. The highest BCUT2D eigenvalue weighted by Crippen LogP contribution is 2.01. The molecule has 0 fully saturated rings. The van der Waals surface area contributed by atoms with Crippen molar-refractivity contribution in [3.8, 4) is 0 Å². The Labute approximate surface area is 163 Å². The Kier molecular flexibility index (Phi) is 21.6. The first-order chi connectivity index (χ1) is 13.3. The number of hydrogen-bond donors (Lipinski definition) is 0. The summed E-state index contributed by atoms with van der Waals surface area (Å²) in [5.41, 5.74) is 0. The zero-order chi connectivity index (χ0) is 20.0. The lowest BCUT2D eigenvalue weighted by molar-refractivity contribution is -0.106. The van der Waals surface area contributed by atoms with Gasteiger partial charge in [-0.1, -0.05) is 0 Å². The molecule has 0 aliphatic rings. The Morgan fingerprint density at radius 1 is 0.407 bits per heavy atom. The second kappa shape index (κ2) is 21.9. The van der Waals surface area contributed by atoms with Crippen molar-refractivity contribution in [1.82, 2.24) is 0 Å². The maximum absolute atomic E-state index is 5.78. The van der Waals surface area contributed by atoms with Gasteiger partial charge < -0.3 is 42.6 Å². The maximum atomic E-state index is 5.78. The molecule has 0 radical (unpaired) electrons. The SMILES string of the molecule is COCCOCC(COCC(COCCOC)OCCOC)OCCOC. The molecular formula is C18H38O9. The van der Waals surface area contributed by atoms with Crippen molar-refractivity contribution in [2.45, 2.75) is 12.2 Å². The Bertz CT molecular complexity index is 256. The topological polar surface area (TPSA) is 83.1 Å². The van der Waals surface area contributed by atoms with Crippen molar-refractivity contribution in [2.24, 2.45) is 0 Å². The largest absolute Gasteiger partial charge is 0.382 e. The molecule has 0 N–H and O–H groups in total. The van der Waals surface area contributed by atoms with Crippen molar-refractivity contribution in [1.29, 1.82) is 0 Å². The third-order valence-electron chi connectivity index (χ3n) is 3.36. The van der Waals surface area contributed by atoms with E-state index >= 15 is 0 Å². The van der Waals surface area contributed by atoms with E-state index < -0.39 is 0 Å². The van der Waals surface area contributed by atoms with Gasteiger partial charge >= 0.3 is 0 Å². The van der Waals surface area contributed by atoms with E-state index in [1.54, 1.807) is 28.4 Å². The lowest BCUT2D eigenvalue weighted by Gasteiger charge is -2.21. The van der Waals surface area contributed by atoms with Crippen LogP contribution in [0.5, 0.6) is 0 Å². The van der Waals surface area contributed by atoms with Crippen molar-refractivity contribution in [3.05, 3.63) is 0 Å². The molecular weight excluding hydrogens is 360 g/mol. The van der Waals surface area contributed by atoms with E-state index in [1.165, 1.54) is 0 Å². The van der Waals surface area contributed by atoms with Gasteiger partial charge in [-0.05, 0) is 0 Å². The number of rotatable bonds is 22. The molecule has 0 spiro atoms. The Balaban J connectivity index is 4.18. The summed E-state index contributed by atoms with van der Waals surface area (Å²) in [6.45, 7) is 5.72. The van der Waals surface area contributed by atoms with Crippen LogP contribution in [0.1, 0.15) is 0 Å². The first-order valence-electron chi connectivity index (χ1n) is 9.20. The van der Waals surface area contributed by atoms with Crippen LogP contribution in [-0.4, -0.2) is 120 Å². The molecule has 0 aliphatic heterocycles. The molecule has 27 heavy (non-hydrogen) atoms. The Hall–Kier alpha value is -0.360. The lowest BCUT2D eigenvalue weighted by atomic mass is 10.3. The predicted molar refractivity (Wildman–Crippen MR) is 99.4 cm³/mol. The van der Waals surface area contributed by atoms with E-state index in [9.17, 15) is 0 Å². The van der Waals surface area contributed by atoms with Crippen LogP contribution >= 0.6 is 0 Å². The van der Waals surface area contributed by atoms with E-state index in [0.29, 0.717) is 79.3 Å². The van der Waals surface area contributed by atoms with Crippen LogP contribution in [0.4, 0.5) is 0 Å². The first kappa shape index (κ1) is 26.6. The van der Waals surface area contributed by atoms with Gasteiger partial charge in [0.05, 0.1) is 79.3 Å². The third-order valence-corrected chi connectivity index (χ3v) is 3.36. The summed E-state index contributed by atoms with van der Waals surface area (Å²) in [5, 5.41) is 0. The minimum absolute atomic E-state index is 0.189. The molecule has 9 heteroatoms. The van der Waals surface area contributed by atoms with Crippen molar-refractivity contribution in [2.75, 3.05) is 108 Å². The summed E-state index contributed by atoms with van der Waals surface area (Å²) in [7, 11) is 6.54. The molecule has 0 saturated carbocycles. The van der Waals surface area contributed by atoms with Gasteiger partial charge in [0.15, 0.2) is 0 Å². The van der Waals surface area contributed by atoms with Gasteiger partial charge in [-0.15, -0.1) is 0 Å². The van der Waals surface area contributed by atoms with Gasteiger partial charge in [0.2, 0.25) is 0 Å². The zero-order valence-electron chi connectivity index (χ0n) is 17.3. The highest BCUT2D eigenvalue weighted by molar-refractivity contribution is 4.60. The number of methoxy groups -OCH3 is 4. The highest BCUT2D eigenvalue weighted by Gasteiger charge is 2.14. The predicted octanol–water partition coefficient (Wildman–Crippen LogP) is 0.392. The van der Waals surface area contributed by atoms with Crippen molar-refractivity contribution in [3.63, 3.8) is 0 Å². The molecule has 0 aromatic heterocycles. The third kappa shape index (κ3) is 18.8. The molecule has 2 unspecified atom stereocenters. The standard InChI is InChI=1S/C18H38O9/c1-19-5-9-23-13-17(26-11-7-21-3)15-25-16-18(27-12-8-22-4)14-24-10-6-20-2/h17-18H,5-16H2,1-4H3. The molecule has 164 valence electrons. The number of hydrogen-bond acceptors (Lipinski definition) is 9. The van der Waals surface area contributed by atoms with Crippen LogP contribution in [-0.2, 0) is 42.6 Å². The molecule has 0 rings (SSSR count). The van der Waals surface area contributed by atoms with E-state index in [4.69, 9.17) is 42.6 Å². The number of ether oxygens (including phenoxy) is 9. The first-order valence-corrected chi connectivity index (χ1v) is 9.20.